The second kappa shape index (κ2) is 6.59. The van der Waals surface area contributed by atoms with Gasteiger partial charge in [-0.05, 0) is 54.4 Å². The van der Waals surface area contributed by atoms with Gasteiger partial charge in [-0.1, -0.05) is 24.3 Å². The van der Waals surface area contributed by atoms with Gasteiger partial charge in [0.2, 0.25) is 11.8 Å². The molecule has 4 aliphatic carbocycles. The SMILES string of the molecule is O=C(Nc1cccc([N+](=O)[O-])c1)c1cccc(N2C(=O)[C@H]3[C@@H]4C=C[C@@H]([C@H]5C[C@H]45)[C@@H]3C2=O)c1. The zero-order valence-corrected chi connectivity index (χ0v) is 16.9. The number of nitrogens with zero attached hydrogens (tertiary/aromatic N) is 2. The second-order valence-corrected chi connectivity index (χ2v) is 8.98. The summed E-state index contributed by atoms with van der Waals surface area (Å²) < 4.78 is 0. The predicted molar refractivity (Wildman–Crippen MR) is 115 cm³/mol. The van der Waals surface area contributed by atoms with E-state index in [1.165, 1.54) is 29.2 Å². The smallest absolute Gasteiger partial charge is 0.271 e. The lowest BCUT2D eigenvalue weighted by Gasteiger charge is -2.37. The predicted octanol–water partition coefficient (Wildman–Crippen LogP) is 3.40. The zero-order chi connectivity index (χ0) is 22.1. The van der Waals surface area contributed by atoms with E-state index in [-0.39, 0.29) is 52.4 Å². The van der Waals surface area contributed by atoms with Gasteiger partial charge in [0.05, 0.1) is 22.4 Å². The summed E-state index contributed by atoms with van der Waals surface area (Å²) in [5.74, 6) is -0.125. The maximum absolute atomic E-state index is 13.3. The first-order valence-corrected chi connectivity index (χ1v) is 10.7. The van der Waals surface area contributed by atoms with Crippen molar-refractivity contribution in [2.24, 2.45) is 35.5 Å². The van der Waals surface area contributed by atoms with Gasteiger partial charge in [-0.3, -0.25) is 24.5 Å². The molecule has 2 saturated carbocycles. The number of nitro groups is 1. The minimum absolute atomic E-state index is 0.131. The molecule has 2 bridgehead atoms. The fourth-order valence-corrected chi connectivity index (χ4v) is 5.90. The Morgan fingerprint density at radius 3 is 2.28 bits per heavy atom. The summed E-state index contributed by atoms with van der Waals surface area (Å²) in [6, 6.07) is 12.0. The molecule has 8 heteroatoms. The van der Waals surface area contributed by atoms with E-state index in [1.54, 1.807) is 24.3 Å². The maximum atomic E-state index is 13.3. The summed E-state index contributed by atoms with van der Waals surface area (Å²) in [5.41, 5.74) is 0.798. The topological polar surface area (TPSA) is 110 Å². The third-order valence-electron chi connectivity index (χ3n) is 7.34. The van der Waals surface area contributed by atoms with Crippen molar-refractivity contribution in [1.82, 2.24) is 0 Å². The lowest BCUT2D eigenvalue weighted by molar-refractivity contribution is -0.384. The van der Waals surface area contributed by atoms with Crippen LogP contribution in [-0.2, 0) is 9.59 Å². The number of hydrogen-bond donors (Lipinski definition) is 1. The van der Waals surface area contributed by atoms with E-state index in [1.807, 2.05) is 0 Å². The van der Waals surface area contributed by atoms with Crippen LogP contribution in [0.25, 0.3) is 0 Å². The molecule has 3 amide bonds. The Balaban J connectivity index is 1.27. The standard InChI is InChI=1S/C24H19N3O5/c28-22(25-13-4-2-6-15(10-13)27(31)32)12-3-1-5-14(9-12)26-23(29)20-16-7-8-17(19-11-18(16)19)21(20)24(26)30/h1-10,16-21H,11H2,(H,25,28)/t16-,17+,18-,19-,20+,21+/m1/s1. The van der Waals surface area contributed by atoms with E-state index in [9.17, 15) is 24.5 Å². The number of carbonyl (C=O) groups is 3. The van der Waals surface area contributed by atoms with Gasteiger partial charge in [0.1, 0.15) is 0 Å². The van der Waals surface area contributed by atoms with Crippen molar-refractivity contribution in [2.45, 2.75) is 6.42 Å². The first-order chi connectivity index (χ1) is 15.4. The van der Waals surface area contributed by atoms with Crippen LogP contribution >= 0.6 is 0 Å². The normalized spacial score (nSPS) is 31.3. The Morgan fingerprint density at radius 2 is 1.62 bits per heavy atom. The molecule has 2 aromatic rings. The molecule has 1 N–H and O–H groups in total. The Bertz CT molecular complexity index is 1200. The van der Waals surface area contributed by atoms with Crippen LogP contribution in [0.3, 0.4) is 0 Å². The summed E-state index contributed by atoms with van der Waals surface area (Å²) in [4.78, 5) is 51.0. The Labute approximate surface area is 183 Å². The summed E-state index contributed by atoms with van der Waals surface area (Å²) >= 11 is 0. The Kier molecular flexibility index (Phi) is 3.90. The molecule has 1 saturated heterocycles. The van der Waals surface area contributed by atoms with Crippen molar-refractivity contribution in [3.63, 3.8) is 0 Å². The fourth-order valence-electron chi connectivity index (χ4n) is 5.90. The minimum atomic E-state index is -0.535. The quantitative estimate of drug-likeness (QED) is 0.347. The molecular weight excluding hydrogens is 410 g/mol. The summed E-state index contributed by atoms with van der Waals surface area (Å²) in [7, 11) is 0. The van der Waals surface area contributed by atoms with Crippen LogP contribution in [0.5, 0.6) is 0 Å². The van der Waals surface area contributed by atoms with Crippen LogP contribution in [0.15, 0.2) is 60.7 Å². The number of nitrogens with one attached hydrogen (secondary N) is 1. The molecule has 6 atom stereocenters. The molecule has 0 unspecified atom stereocenters. The molecule has 32 heavy (non-hydrogen) atoms. The third-order valence-corrected chi connectivity index (χ3v) is 7.34. The first kappa shape index (κ1) is 18.9. The molecule has 2 aromatic carbocycles. The van der Waals surface area contributed by atoms with E-state index in [0.717, 1.165) is 6.42 Å². The van der Waals surface area contributed by atoms with E-state index in [4.69, 9.17) is 0 Å². The monoisotopic (exact) mass is 429 g/mol. The fraction of sp³-hybridized carbons (Fsp3) is 0.292. The number of imide groups is 1. The highest BCUT2D eigenvalue weighted by Gasteiger charge is 2.67. The van der Waals surface area contributed by atoms with E-state index in [2.05, 4.69) is 17.5 Å². The number of nitro benzene ring substituents is 1. The number of rotatable bonds is 4. The highest BCUT2D eigenvalue weighted by Crippen LogP contribution is 2.65. The van der Waals surface area contributed by atoms with Crippen LogP contribution in [0.2, 0.25) is 0 Å². The van der Waals surface area contributed by atoms with Crippen molar-refractivity contribution in [2.75, 3.05) is 10.2 Å². The molecule has 5 aliphatic rings. The highest BCUT2D eigenvalue weighted by molar-refractivity contribution is 6.23. The van der Waals surface area contributed by atoms with Gasteiger partial charge in [-0.15, -0.1) is 0 Å². The van der Waals surface area contributed by atoms with Crippen LogP contribution in [0.4, 0.5) is 17.1 Å². The van der Waals surface area contributed by atoms with Crippen molar-refractivity contribution < 1.29 is 19.3 Å². The number of carbonyl (C=O) groups excluding carboxylic acids is 3. The maximum Gasteiger partial charge on any atom is 0.271 e. The lowest BCUT2D eigenvalue weighted by atomic mass is 9.63. The van der Waals surface area contributed by atoms with Crippen molar-refractivity contribution in [1.29, 1.82) is 0 Å². The molecule has 0 radical (unpaired) electrons. The van der Waals surface area contributed by atoms with Gasteiger partial charge in [-0.2, -0.15) is 0 Å². The Hall–Kier alpha value is -3.81. The van der Waals surface area contributed by atoms with Crippen molar-refractivity contribution in [3.8, 4) is 0 Å². The molecule has 0 spiro atoms. The van der Waals surface area contributed by atoms with Crippen LogP contribution in [-0.4, -0.2) is 22.6 Å². The van der Waals surface area contributed by atoms with Gasteiger partial charge >= 0.3 is 0 Å². The average molecular weight is 429 g/mol. The second-order valence-electron chi connectivity index (χ2n) is 8.98. The molecule has 3 fully saturated rings. The minimum Gasteiger partial charge on any atom is -0.322 e. The van der Waals surface area contributed by atoms with Crippen molar-refractivity contribution in [3.05, 3.63) is 76.4 Å². The molecule has 0 aromatic heterocycles. The summed E-state index contributed by atoms with van der Waals surface area (Å²) in [5, 5.41) is 13.6. The van der Waals surface area contributed by atoms with Gasteiger partial charge in [0, 0.05) is 23.4 Å². The van der Waals surface area contributed by atoms with Gasteiger partial charge in [0.15, 0.2) is 0 Å². The number of benzene rings is 2. The summed E-state index contributed by atoms with van der Waals surface area (Å²) in [6.07, 6.45) is 5.35. The molecule has 8 nitrogen and oxygen atoms in total. The number of non-ortho nitro benzene ring substituents is 1. The largest absolute Gasteiger partial charge is 0.322 e. The van der Waals surface area contributed by atoms with E-state index >= 15 is 0 Å². The van der Waals surface area contributed by atoms with E-state index in [0.29, 0.717) is 17.5 Å². The average Bonchev–Trinajstić information content (AvgIpc) is 3.57. The van der Waals surface area contributed by atoms with Gasteiger partial charge < -0.3 is 5.32 Å². The van der Waals surface area contributed by atoms with Crippen LogP contribution < -0.4 is 10.2 Å². The molecule has 160 valence electrons. The Morgan fingerprint density at radius 1 is 0.969 bits per heavy atom. The molecule has 1 aliphatic heterocycles. The van der Waals surface area contributed by atoms with Crippen LogP contribution in [0.1, 0.15) is 16.8 Å². The molecule has 7 rings (SSSR count). The van der Waals surface area contributed by atoms with Crippen molar-refractivity contribution >= 4 is 34.8 Å². The number of anilines is 2. The number of allylic oxidation sites excluding steroid dienone is 2. The number of hydrogen-bond acceptors (Lipinski definition) is 5. The summed E-state index contributed by atoms with van der Waals surface area (Å²) in [6.45, 7) is 0. The third kappa shape index (κ3) is 2.65. The van der Waals surface area contributed by atoms with Gasteiger partial charge in [-0.25, -0.2) is 4.90 Å². The molecule has 1 heterocycles. The van der Waals surface area contributed by atoms with E-state index < -0.39 is 10.8 Å². The zero-order valence-electron chi connectivity index (χ0n) is 16.9. The first-order valence-electron chi connectivity index (χ1n) is 10.7. The lowest BCUT2D eigenvalue weighted by Crippen LogP contribution is -2.40. The van der Waals surface area contributed by atoms with Crippen LogP contribution in [0, 0.1) is 45.6 Å². The van der Waals surface area contributed by atoms with Gasteiger partial charge in [0.25, 0.3) is 11.6 Å². The highest BCUT2D eigenvalue weighted by atomic mass is 16.6. The molecular formula is C24H19N3O5. The number of amides is 3.